The van der Waals surface area contributed by atoms with Crippen LogP contribution in [0.5, 0.6) is 5.75 Å². The third kappa shape index (κ3) is 4.77. The van der Waals surface area contributed by atoms with E-state index in [1.54, 1.807) is 74.7 Å². The van der Waals surface area contributed by atoms with Crippen molar-refractivity contribution >= 4 is 29.8 Å². The topological polar surface area (TPSA) is 117 Å². The first-order valence-corrected chi connectivity index (χ1v) is 9.90. The number of methoxy groups -OCH3 is 1. The number of rotatable bonds is 7. The Balaban J connectivity index is 1.59. The van der Waals surface area contributed by atoms with E-state index in [1.165, 1.54) is 13.0 Å². The number of amides is 5. The summed E-state index contributed by atoms with van der Waals surface area (Å²) in [6.45, 7) is 3.01. The van der Waals surface area contributed by atoms with Gasteiger partial charge in [0, 0.05) is 6.08 Å². The van der Waals surface area contributed by atoms with Crippen LogP contribution in [-0.4, -0.2) is 41.9 Å². The molecule has 1 saturated heterocycles. The molecule has 3 rings (SSSR count). The number of imide groups is 1. The Morgan fingerprint density at radius 3 is 2.38 bits per heavy atom. The molecule has 0 bridgehead atoms. The zero-order valence-corrected chi connectivity index (χ0v) is 17.9. The monoisotopic (exact) mass is 436 g/mol. The summed E-state index contributed by atoms with van der Waals surface area (Å²) in [5, 5.41) is 5.72. The molecule has 1 aliphatic rings. The van der Waals surface area contributed by atoms with E-state index in [0.717, 1.165) is 5.56 Å². The average Bonchev–Trinajstić information content (AvgIpc) is 3.02. The molecule has 32 heavy (non-hydrogen) atoms. The highest BCUT2D eigenvalue weighted by atomic mass is 16.5. The molecule has 0 aromatic heterocycles. The molecule has 9 heteroatoms. The molecule has 1 aliphatic heterocycles. The van der Waals surface area contributed by atoms with Crippen LogP contribution in [0.25, 0.3) is 6.08 Å². The number of urea groups is 1. The Hall–Kier alpha value is -4.14. The molecule has 2 aromatic carbocycles. The van der Waals surface area contributed by atoms with Gasteiger partial charge in [-0.05, 0) is 43.2 Å². The number of carbonyl (C=O) groups is 4. The minimum Gasteiger partial charge on any atom is -0.497 e. The highest BCUT2D eigenvalue weighted by Gasteiger charge is 2.50. The quantitative estimate of drug-likeness (QED) is 0.451. The van der Waals surface area contributed by atoms with Crippen molar-refractivity contribution in [2.75, 3.05) is 7.11 Å². The normalized spacial score (nSPS) is 18.9. The van der Waals surface area contributed by atoms with E-state index >= 15 is 0 Å². The number of ether oxygens (including phenoxy) is 1. The molecule has 166 valence electrons. The summed E-state index contributed by atoms with van der Waals surface area (Å²) in [6.07, 6.45) is 2.87. The molecule has 2 unspecified atom stereocenters. The average molecular weight is 436 g/mol. The van der Waals surface area contributed by atoms with Crippen molar-refractivity contribution in [2.45, 2.75) is 25.4 Å². The third-order valence-corrected chi connectivity index (χ3v) is 5.06. The molecule has 3 N–H and O–H groups in total. The summed E-state index contributed by atoms with van der Waals surface area (Å²) in [7, 11) is 1.56. The van der Waals surface area contributed by atoms with Crippen molar-refractivity contribution in [3.05, 3.63) is 71.8 Å². The van der Waals surface area contributed by atoms with Crippen molar-refractivity contribution in [2.24, 2.45) is 0 Å². The van der Waals surface area contributed by atoms with Gasteiger partial charge in [-0.15, -0.1) is 0 Å². The maximum atomic E-state index is 12.8. The Labute approximate surface area is 185 Å². The smallest absolute Gasteiger partial charge is 0.344 e. The Bertz CT molecular complexity index is 1050. The molecular weight excluding hydrogens is 412 g/mol. The standard InChI is InChI=1S/C23H24N4O5/c1-15(24-19(28)14-11-16-9-12-18(32-3)13-10-16)20(29)26-27-21(30)23(2,25-22(27)31)17-7-5-4-6-8-17/h4-15H,1-3H3,(H,24,28)(H,25,31)(H,26,29)/b14-11+. The maximum Gasteiger partial charge on any atom is 0.344 e. The van der Waals surface area contributed by atoms with Gasteiger partial charge in [-0.25, -0.2) is 4.79 Å². The molecular formula is C23H24N4O5. The van der Waals surface area contributed by atoms with Crippen LogP contribution >= 0.6 is 0 Å². The molecule has 1 heterocycles. The summed E-state index contributed by atoms with van der Waals surface area (Å²) in [6, 6.07) is 14.0. The molecule has 2 aromatic rings. The van der Waals surface area contributed by atoms with Crippen molar-refractivity contribution in [1.82, 2.24) is 21.1 Å². The first kappa shape index (κ1) is 22.5. The minimum atomic E-state index is -1.31. The summed E-state index contributed by atoms with van der Waals surface area (Å²) in [4.78, 5) is 49.8. The third-order valence-electron chi connectivity index (χ3n) is 5.06. The largest absolute Gasteiger partial charge is 0.497 e. The SMILES string of the molecule is COc1ccc(/C=C/C(=O)NC(C)C(=O)NN2C(=O)NC(C)(c3ccccc3)C2=O)cc1. The van der Waals surface area contributed by atoms with Gasteiger partial charge in [-0.3, -0.25) is 19.8 Å². The van der Waals surface area contributed by atoms with Gasteiger partial charge in [-0.2, -0.15) is 5.01 Å². The van der Waals surface area contributed by atoms with E-state index in [-0.39, 0.29) is 0 Å². The fraction of sp³-hybridized carbons (Fsp3) is 0.217. The van der Waals surface area contributed by atoms with Gasteiger partial charge in [0.15, 0.2) is 0 Å². The van der Waals surface area contributed by atoms with Crippen LogP contribution in [0.1, 0.15) is 25.0 Å². The summed E-state index contributed by atoms with van der Waals surface area (Å²) >= 11 is 0. The van der Waals surface area contributed by atoms with Gasteiger partial charge in [0.25, 0.3) is 11.8 Å². The zero-order chi connectivity index (χ0) is 23.3. The predicted octanol–water partition coefficient (Wildman–Crippen LogP) is 1.71. The van der Waals surface area contributed by atoms with E-state index < -0.39 is 35.3 Å². The molecule has 1 fully saturated rings. The minimum absolute atomic E-state index is 0.505. The second-order valence-electron chi connectivity index (χ2n) is 7.37. The van der Waals surface area contributed by atoms with E-state index in [0.29, 0.717) is 16.3 Å². The van der Waals surface area contributed by atoms with Gasteiger partial charge in [-0.1, -0.05) is 42.5 Å². The lowest BCUT2D eigenvalue weighted by molar-refractivity contribution is -0.139. The molecule has 0 aliphatic carbocycles. The van der Waals surface area contributed by atoms with E-state index in [1.807, 2.05) is 0 Å². The lowest BCUT2D eigenvalue weighted by Crippen LogP contribution is -2.53. The van der Waals surface area contributed by atoms with Gasteiger partial charge in [0.05, 0.1) is 7.11 Å². The van der Waals surface area contributed by atoms with Crippen LogP contribution in [0.4, 0.5) is 4.79 Å². The molecule has 5 amide bonds. The number of hydrazine groups is 1. The lowest BCUT2D eigenvalue weighted by atomic mass is 9.92. The number of nitrogens with zero attached hydrogens (tertiary/aromatic N) is 1. The summed E-state index contributed by atoms with van der Waals surface area (Å²) < 4.78 is 5.08. The van der Waals surface area contributed by atoms with Crippen LogP contribution in [0.3, 0.4) is 0 Å². The Morgan fingerprint density at radius 1 is 1.09 bits per heavy atom. The second kappa shape index (κ2) is 9.34. The fourth-order valence-electron chi connectivity index (χ4n) is 3.13. The van der Waals surface area contributed by atoms with Gasteiger partial charge in [0.1, 0.15) is 17.3 Å². The van der Waals surface area contributed by atoms with Gasteiger partial charge in [0.2, 0.25) is 5.91 Å². The summed E-state index contributed by atoms with van der Waals surface area (Å²) in [5.74, 6) is -1.15. The van der Waals surface area contributed by atoms with Crippen LogP contribution in [0.2, 0.25) is 0 Å². The van der Waals surface area contributed by atoms with Crippen molar-refractivity contribution in [3.63, 3.8) is 0 Å². The van der Waals surface area contributed by atoms with Crippen LogP contribution in [0.15, 0.2) is 60.7 Å². The van der Waals surface area contributed by atoms with Crippen molar-refractivity contribution in [1.29, 1.82) is 0 Å². The van der Waals surface area contributed by atoms with Crippen molar-refractivity contribution in [3.8, 4) is 5.75 Å². The Morgan fingerprint density at radius 2 is 1.75 bits per heavy atom. The number of nitrogens with one attached hydrogen (secondary N) is 3. The predicted molar refractivity (Wildman–Crippen MR) is 117 cm³/mol. The second-order valence-corrected chi connectivity index (χ2v) is 7.37. The summed E-state index contributed by atoms with van der Waals surface area (Å²) in [5.41, 5.74) is 2.33. The number of benzene rings is 2. The molecule has 0 saturated carbocycles. The van der Waals surface area contributed by atoms with E-state index in [2.05, 4.69) is 16.1 Å². The lowest BCUT2D eigenvalue weighted by Gasteiger charge is -2.22. The highest BCUT2D eigenvalue weighted by molar-refractivity contribution is 6.08. The first-order valence-electron chi connectivity index (χ1n) is 9.90. The van der Waals surface area contributed by atoms with Crippen LogP contribution < -0.4 is 20.8 Å². The number of hydrogen-bond acceptors (Lipinski definition) is 5. The van der Waals surface area contributed by atoms with E-state index in [4.69, 9.17) is 4.74 Å². The molecule has 9 nitrogen and oxygen atoms in total. The highest BCUT2D eigenvalue weighted by Crippen LogP contribution is 2.27. The first-order chi connectivity index (χ1) is 15.2. The Kier molecular flexibility index (Phi) is 6.58. The van der Waals surface area contributed by atoms with Crippen molar-refractivity contribution < 1.29 is 23.9 Å². The van der Waals surface area contributed by atoms with Gasteiger partial charge < -0.3 is 15.4 Å². The van der Waals surface area contributed by atoms with Crippen LogP contribution in [-0.2, 0) is 19.9 Å². The molecule has 2 atom stereocenters. The van der Waals surface area contributed by atoms with Crippen LogP contribution in [0, 0.1) is 0 Å². The van der Waals surface area contributed by atoms with E-state index in [9.17, 15) is 19.2 Å². The molecule has 0 radical (unpaired) electrons. The zero-order valence-electron chi connectivity index (χ0n) is 17.9. The number of hydrogen-bond donors (Lipinski definition) is 3. The molecule has 0 spiro atoms. The fourth-order valence-corrected chi connectivity index (χ4v) is 3.13. The maximum absolute atomic E-state index is 12.8. The number of carbonyl (C=O) groups excluding carboxylic acids is 4. The van der Waals surface area contributed by atoms with Gasteiger partial charge >= 0.3 is 6.03 Å².